The van der Waals surface area contributed by atoms with E-state index in [1.165, 1.54) is 23.8 Å². The summed E-state index contributed by atoms with van der Waals surface area (Å²) < 4.78 is 0. The minimum Gasteiger partial charge on any atom is -0.331 e. The van der Waals surface area contributed by atoms with Crippen molar-refractivity contribution in [3.63, 3.8) is 0 Å². The van der Waals surface area contributed by atoms with Crippen LogP contribution < -0.4 is 10.6 Å². The normalized spacial score (nSPS) is 10.6. The lowest BCUT2D eigenvalue weighted by Crippen LogP contribution is -2.04. The molecule has 3 aromatic rings. The fourth-order valence-corrected chi connectivity index (χ4v) is 3.86. The summed E-state index contributed by atoms with van der Waals surface area (Å²) >= 11 is 2.99. The Morgan fingerprint density at radius 2 is 1.91 bits per heavy atom. The lowest BCUT2D eigenvalue weighted by atomic mass is 10.2. The molecule has 0 saturated heterocycles. The SMILES string of the molecule is CC(=O)Nc1nc(C)c(-c2csc(Nc3ccccc3C)n2)s1. The molecule has 0 unspecified atom stereocenters. The third kappa shape index (κ3) is 3.57. The highest BCUT2D eigenvalue weighted by atomic mass is 32.1. The van der Waals surface area contributed by atoms with Crippen molar-refractivity contribution in [2.24, 2.45) is 0 Å². The Hall–Kier alpha value is -2.25. The summed E-state index contributed by atoms with van der Waals surface area (Å²) in [5, 5.41) is 9.50. The van der Waals surface area contributed by atoms with Crippen LogP contribution in [0.25, 0.3) is 10.6 Å². The number of carbonyl (C=O) groups is 1. The largest absolute Gasteiger partial charge is 0.331 e. The van der Waals surface area contributed by atoms with Crippen LogP contribution in [-0.2, 0) is 4.79 Å². The van der Waals surface area contributed by atoms with E-state index in [0.29, 0.717) is 5.13 Å². The highest BCUT2D eigenvalue weighted by molar-refractivity contribution is 7.20. The molecule has 1 aromatic carbocycles. The number of carbonyl (C=O) groups excluding carboxylic acids is 1. The van der Waals surface area contributed by atoms with Gasteiger partial charge in [0.05, 0.1) is 16.3 Å². The topological polar surface area (TPSA) is 66.9 Å². The number of hydrogen-bond acceptors (Lipinski definition) is 6. The lowest BCUT2D eigenvalue weighted by Gasteiger charge is -2.05. The molecule has 0 atom stereocenters. The van der Waals surface area contributed by atoms with Crippen LogP contribution in [0.3, 0.4) is 0 Å². The van der Waals surface area contributed by atoms with Crippen LogP contribution >= 0.6 is 22.7 Å². The Morgan fingerprint density at radius 1 is 1.13 bits per heavy atom. The van der Waals surface area contributed by atoms with E-state index in [4.69, 9.17) is 0 Å². The first kappa shape index (κ1) is 15.6. The molecule has 0 aliphatic carbocycles. The average Bonchev–Trinajstić information content (AvgIpc) is 3.07. The number of nitrogens with zero attached hydrogens (tertiary/aromatic N) is 2. The lowest BCUT2D eigenvalue weighted by molar-refractivity contribution is -0.114. The first-order chi connectivity index (χ1) is 11.0. The second-order valence-corrected chi connectivity index (χ2v) is 6.95. The van der Waals surface area contributed by atoms with Crippen molar-refractivity contribution in [1.29, 1.82) is 0 Å². The van der Waals surface area contributed by atoms with Crippen molar-refractivity contribution in [3.8, 4) is 10.6 Å². The molecule has 7 heteroatoms. The molecule has 0 aliphatic heterocycles. The van der Waals surface area contributed by atoms with Crippen molar-refractivity contribution in [3.05, 3.63) is 40.9 Å². The Morgan fingerprint density at radius 3 is 2.65 bits per heavy atom. The molecule has 5 nitrogen and oxygen atoms in total. The standard InChI is InChI=1S/C16H16N4OS2/c1-9-6-4-5-7-12(9)19-15-20-13(8-22-15)14-10(2)17-16(23-14)18-11(3)21/h4-8H,1-3H3,(H,19,20)(H,17,18,21). The Bertz CT molecular complexity index is 853. The second-order valence-electron chi connectivity index (χ2n) is 5.09. The van der Waals surface area contributed by atoms with E-state index in [9.17, 15) is 4.79 Å². The predicted molar refractivity (Wildman–Crippen MR) is 96.7 cm³/mol. The van der Waals surface area contributed by atoms with Crippen LogP contribution in [0.1, 0.15) is 18.2 Å². The molecule has 0 radical (unpaired) electrons. The fraction of sp³-hybridized carbons (Fsp3) is 0.188. The molecular formula is C16H16N4OS2. The number of nitrogens with one attached hydrogen (secondary N) is 2. The molecule has 0 aliphatic rings. The van der Waals surface area contributed by atoms with Crippen LogP contribution in [0.2, 0.25) is 0 Å². The first-order valence-corrected chi connectivity index (χ1v) is 8.76. The number of hydrogen-bond donors (Lipinski definition) is 2. The number of amides is 1. The van der Waals surface area contributed by atoms with Crippen LogP contribution in [-0.4, -0.2) is 15.9 Å². The zero-order valence-corrected chi connectivity index (χ0v) is 14.6. The van der Waals surface area contributed by atoms with Gasteiger partial charge in [-0.05, 0) is 25.5 Å². The van der Waals surface area contributed by atoms with Crippen molar-refractivity contribution >= 4 is 44.5 Å². The summed E-state index contributed by atoms with van der Waals surface area (Å²) in [7, 11) is 0. The number of benzene rings is 1. The monoisotopic (exact) mass is 344 g/mol. The minimum atomic E-state index is -0.120. The maximum absolute atomic E-state index is 11.1. The number of thiazole rings is 2. The van der Waals surface area contributed by atoms with E-state index in [0.717, 1.165) is 27.1 Å². The maximum Gasteiger partial charge on any atom is 0.223 e. The molecule has 0 spiro atoms. The van der Waals surface area contributed by atoms with Crippen LogP contribution in [0.4, 0.5) is 16.0 Å². The summed E-state index contributed by atoms with van der Waals surface area (Å²) in [4.78, 5) is 21.1. The van der Waals surface area contributed by atoms with Crippen LogP contribution in [0.15, 0.2) is 29.6 Å². The van der Waals surface area contributed by atoms with Gasteiger partial charge < -0.3 is 10.6 Å². The van der Waals surface area contributed by atoms with Gasteiger partial charge in [0.2, 0.25) is 5.91 Å². The van der Waals surface area contributed by atoms with Gasteiger partial charge in [-0.1, -0.05) is 29.5 Å². The maximum atomic E-state index is 11.1. The average molecular weight is 344 g/mol. The summed E-state index contributed by atoms with van der Waals surface area (Å²) in [5.41, 5.74) is 3.96. The highest BCUT2D eigenvalue weighted by Crippen LogP contribution is 2.35. The molecule has 2 heterocycles. The van der Waals surface area contributed by atoms with E-state index >= 15 is 0 Å². The number of anilines is 3. The van der Waals surface area contributed by atoms with Crippen molar-refractivity contribution in [2.45, 2.75) is 20.8 Å². The van der Waals surface area contributed by atoms with Gasteiger partial charge in [-0.15, -0.1) is 11.3 Å². The Labute approximate surface area is 142 Å². The van der Waals surface area contributed by atoms with Gasteiger partial charge >= 0.3 is 0 Å². The molecule has 2 aromatic heterocycles. The first-order valence-electron chi connectivity index (χ1n) is 7.06. The van der Waals surface area contributed by atoms with Gasteiger partial charge in [-0.2, -0.15) is 0 Å². The van der Waals surface area contributed by atoms with Gasteiger partial charge in [0.15, 0.2) is 10.3 Å². The van der Waals surface area contributed by atoms with Crippen molar-refractivity contribution in [2.75, 3.05) is 10.6 Å². The third-order valence-electron chi connectivity index (χ3n) is 3.20. The molecule has 2 N–H and O–H groups in total. The van der Waals surface area contributed by atoms with E-state index in [2.05, 4.69) is 33.6 Å². The van der Waals surface area contributed by atoms with E-state index in [1.54, 1.807) is 11.3 Å². The van der Waals surface area contributed by atoms with Gasteiger partial charge in [0, 0.05) is 18.0 Å². The Kier molecular flexibility index (Phi) is 4.40. The zero-order valence-electron chi connectivity index (χ0n) is 13.0. The second kappa shape index (κ2) is 6.47. The van der Waals surface area contributed by atoms with E-state index in [1.807, 2.05) is 30.5 Å². The summed E-state index contributed by atoms with van der Waals surface area (Å²) in [6.07, 6.45) is 0. The third-order valence-corrected chi connectivity index (χ3v) is 5.06. The quantitative estimate of drug-likeness (QED) is 0.727. The van der Waals surface area contributed by atoms with Gasteiger partial charge in [-0.25, -0.2) is 9.97 Å². The number of aryl methyl sites for hydroxylation is 2. The molecule has 23 heavy (non-hydrogen) atoms. The molecule has 0 fully saturated rings. The predicted octanol–water partition coefficient (Wildman–Crippen LogP) is 4.59. The fourth-order valence-electron chi connectivity index (χ4n) is 2.10. The molecular weight excluding hydrogens is 328 g/mol. The van der Waals surface area contributed by atoms with Gasteiger partial charge in [-0.3, -0.25) is 4.79 Å². The van der Waals surface area contributed by atoms with Crippen molar-refractivity contribution < 1.29 is 4.79 Å². The van der Waals surface area contributed by atoms with Gasteiger partial charge in [0.25, 0.3) is 0 Å². The Balaban J connectivity index is 1.83. The van der Waals surface area contributed by atoms with E-state index < -0.39 is 0 Å². The molecule has 1 amide bonds. The highest BCUT2D eigenvalue weighted by Gasteiger charge is 2.14. The molecule has 118 valence electrons. The smallest absolute Gasteiger partial charge is 0.223 e. The number of rotatable bonds is 4. The summed E-state index contributed by atoms with van der Waals surface area (Å²) in [6.45, 7) is 5.46. The summed E-state index contributed by atoms with van der Waals surface area (Å²) in [6, 6.07) is 8.10. The van der Waals surface area contributed by atoms with Crippen molar-refractivity contribution in [1.82, 2.24) is 9.97 Å². The number of para-hydroxylation sites is 1. The van der Waals surface area contributed by atoms with Crippen LogP contribution in [0, 0.1) is 13.8 Å². The number of aromatic nitrogens is 2. The van der Waals surface area contributed by atoms with E-state index in [-0.39, 0.29) is 5.91 Å². The minimum absolute atomic E-state index is 0.120. The van der Waals surface area contributed by atoms with Gasteiger partial charge in [0.1, 0.15) is 0 Å². The molecule has 3 rings (SSSR count). The van der Waals surface area contributed by atoms with Crippen LogP contribution in [0.5, 0.6) is 0 Å². The summed E-state index contributed by atoms with van der Waals surface area (Å²) in [5.74, 6) is -0.120. The molecule has 0 bridgehead atoms. The zero-order chi connectivity index (χ0) is 16.4. The molecule has 0 saturated carbocycles.